The lowest BCUT2D eigenvalue weighted by Gasteiger charge is -2.08. The maximum atomic E-state index is 10.7. The zero-order chi connectivity index (χ0) is 9.56. The number of alkyl carbamates (subject to hydrolysis) is 1. The molecular formula is C6H12N2O4. The number of amides is 2. The third-order valence-corrected chi connectivity index (χ3v) is 1.17. The molecule has 6 nitrogen and oxygen atoms in total. The molecule has 0 aliphatic carbocycles. The van der Waals surface area contributed by atoms with E-state index >= 15 is 0 Å². The maximum absolute atomic E-state index is 10.7. The molecule has 0 aromatic rings. The van der Waals surface area contributed by atoms with Crippen LogP contribution < -0.4 is 10.6 Å². The van der Waals surface area contributed by atoms with Crippen molar-refractivity contribution in [3.8, 4) is 0 Å². The van der Waals surface area contributed by atoms with Gasteiger partial charge in [0.25, 0.3) is 0 Å². The van der Waals surface area contributed by atoms with Crippen molar-refractivity contribution in [3.05, 3.63) is 0 Å². The van der Waals surface area contributed by atoms with Crippen molar-refractivity contribution in [2.24, 2.45) is 0 Å². The van der Waals surface area contributed by atoms with Crippen molar-refractivity contribution in [1.29, 1.82) is 0 Å². The van der Waals surface area contributed by atoms with E-state index in [1.54, 1.807) is 0 Å². The first-order valence-electron chi connectivity index (χ1n) is 3.33. The number of likely N-dealkylation sites (N-methyl/N-ethyl adjacent to an activating group) is 1. The first-order valence-corrected chi connectivity index (χ1v) is 3.33. The van der Waals surface area contributed by atoms with E-state index in [0.717, 1.165) is 0 Å². The molecule has 0 saturated carbocycles. The van der Waals surface area contributed by atoms with Crippen molar-refractivity contribution in [3.63, 3.8) is 0 Å². The van der Waals surface area contributed by atoms with Gasteiger partial charge in [0.05, 0.1) is 13.7 Å². The van der Waals surface area contributed by atoms with Gasteiger partial charge in [-0.3, -0.25) is 4.79 Å². The number of methoxy groups -OCH3 is 1. The van der Waals surface area contributed by atoms with Crippen LogP contribution in [0.4, 0.5) is 4.79 Å². The van der Waals surface area contributed by atoms with Gasteiger partial charge in [-0.15, -0.1) is 0 Å². The van der Waals surface area contributed by atoms with Gasteiger partial charge in [-0.2, -0.15) is 0 Å². The Morgan fingerprint density at radius 3 is 2.58 bits per heavy atom. The molecule has 0 fully saturated rings. The smallest absolute Gasteiger partial charge is 0.406 e. The minimum atomic E-state index is -1.24. The highest BCUT2D eigenvalue weighted by molar-refractivity contribution is 5.81. The van der Waals surface area contributed by atoms with Gasteiger partial charge in [0.1, 0.15) is 6.10 Å². The Balaban J connectivity index is 3.63. The van der Waals surface area contributed by atoms with E-state index in [9.17, 15) is 9.59 Å². The average molecular weight is 176 g/mol. The largest absolute Gasteiger partial charge is 0.453 e. The molecule has 0 aromatic carbocycles. The molecular weight excluding hydrogens is 164 g/mol. The third-order valence-electron chi connectivity index (χ3n) is 1.17. The van der Waals surface area contributed by atoms with Crippen LogP contribution in [-0.4, -0.2) is 43.9 Å². The Bertz CT molecular complexity index is 171. The minimum Gasteiger partial charge on any atom is -0.453 e. The minimum absolute atomic E-state index is 0.160. The van der Waals surface area contributed by atoms with Crippen LogP contribution in [0.15, 0.2) is 0 Å². The summed E-state index contributed by atoms with van der Waals surface area (Å²) < 4.78 is 4.22. The molecule has 3 N–H and O–H groups in total. The van der Waals surface area contributed by atoms with Crippen LogP contribution >= 0.6 is 0 Å². The van der Waals surface area contributed by atoms with Crippen molar-refractivity contribution < 1.29 is 19.4 Å². The predicted octanol–water partition coefficient (Wildman–Crippen LogP) is -1.55. The van der Waals surface area contributed by atoms with Gasteiger partial charge in [0.15, 0.2) is 0 Å². The molecule has 0 radical (unpaired) electrons. The van der Waals surface area contributed by atoms with Gasteiger partial charge in [0, 0.05) is 7.05 Å². The lowest BCUT2D eigenvalue weighted by molar-refractivity contribution is -0.128. The van der Waals surface area contributed by atoms with E-state index in [1.165, 1.54) is 14.2 Å². The summed E-state index contributed by atoms with van der Waals surface area (Å²) in [6, 6.07) is 0. The summed E-state index contributed by atoms with van der Waals surface area (Å²) in [7, 11) is 2.59. The molecule has 0 heterocycles. The van der Waals surface area contributed by atoms with Gasteiger partial charge in [0.2, 0.25) is 5.91 Å². The molecule has 0 rings (SSSR count). The van der Waals surface area contributed by atoms with Gasteiger partial charge >= 0.3 is 6.09 Å². The van der Waals surface area contributed by atoms with Crippen LogP contribution in [0, 0.1) is 0 Å². The zero-order valence-electron chi connectivity index (χ0n) is 6.96. The van der Waals surface area contributed by atoms with Gasteiger partial charge in [-0.05, 0) is 0 Å². The van der Waals surface area contributed by atoms with Crippen LogP contribution in [0.1, 0.15) is 0 Å². The van der Waals surface area contributed by atoms with E-state index in [2.05, 4.69) is 15.4 Å². The molecule has 1 unspecified atom stereocenters. The molecule has 6 heteroatoms. The molecule has 0 aliphatic heterocycles. The highest BCUT2D eigenvalue weighted by Gasteiger charge is 2.13. The Labute approximate surface area is 69.9 Å². The quantitative estimate of drug-likeness (QED) is 0.485. The summed E-state index contributed by atoms with van der Waals surface area (Å²) in [6.45, 7) is -0.160. The van der Waals surface area contributed by atoms with E-state index in [-0.39, 0.29) is 6.54 Å². The maximum Gasteiger partial charge on any atom is 0.406 e. The number of hydrogen-bond donors (Lipinski definition) is 3. The highest BCUT2D eigenvalue weighted by atomic mass is 16.5. The Kier molecular flexibility index (Phi) is 4.78. The van der Waals surface area contributed by atoms with E-state index < -0.39 is 18.1 Å². The van der Waals surface area contributed by atoms with Gasteiger partial charge in [-0.1, -0.05) is 0 Å². The molecule has 12 heavy (non-hydrogen) atoms. The van der Waals surface area contributed by atoms with Gasteiger partial charge in [-0.25, -0.2) is 4.79 Å². The molecule has 70 valence electrons. The fraction of sp³-hybridized carbons (Fsp3) is 0.667. The summed E-state index contributed by atoms with van der Waals surface area (Å²) >= 11 is 0. The topological polar surface area (TPSA) is 87.7 Å². The van der Waals surface area contributed by atoms with Crippen LogP contribution in [0.5, 0.6) is 0 Å². The fourth-order valence-corrected chi connectivity index (χ4v) is 0.511. The second kappa shape index (κ2) is 5.36. The van der Waals surface area contributed by atoms with Gasteiger partial charge < -0.3 is 20.5 Å². The van der Waals surface area contributed by atoms with Crippen molar-refractivity contribution in [2.75, 3.05) is 20.7 Å². The standard InChI is InChI=1S/C6H12N2O4/c1-7-5(10)4(9)3-8-6(11)12-2/h4,9H,3H2,1-2H3,(H,7,10)(H,8,11). The SMILES string of the molecule is CNC(=O)C(O)CNC(=O)OC. The molecule has 0 saturated heterocycles. The number of aliphatic hydroxyl groups is 1. The first kappa shape index (κ1) is 10.7. The summed E-state index contributed by atoms with van der Waals surface area (Å²) in [4.78, 5) is 21.1. The van der Waals surface area contributed by atoms with Crippen LogP contribution in [0.25, 0.3) is 0 Å². The second-order valence-corrected chi connectivity index (χ2v) is 2.00. The molecule has 2 amide bonds. The summed E-state index contributed by atoms with van der Waals surface area (Å²) in [5.41, 5.74) is 0. The number of hydrogen-bond acceptors (Lipinski definition) is 4. The summed E-state index contributed by atoms with van der Waals surface area (Å²) in [5, 5.41) is 13.4. The summed E-state index contributed by atoms with van der Waals surface area (Å²) in [5.74, 6) is -0.550. The van der Waals surface area contributed by atoms with Crippen molar-refractivity contribution in [1.82, 2.24) is 10.6 Å². The monoisotopic (exact) mass is 176 g/mol. The average Bonchev–Trinajstić information content (AvgIpc) is 2.11. The lowest BCUT2D eigenvalue weighted by Crippen LogP contribution is -2.41. The lowest BCUT2D eigenvalue weighted by atomic mass is 10.3. The van der Waals surface area contributed by atoms with E-state index in [4.69, 9.17) is 5.11 Å². The fourth-order valence-electron chi connectivity index (χ4n) is 0.511. The number of nitrogens with one attached hydrogen (secondary N) is 2. The third kappa shape index (κ3) is 3.77. The normalized spacial score (nSPS) is 11.6. The van der Waals surface area contributed by atoms with Crippen LogP contribution in [-0.2, 0) is 9.53 Å². The number of carbonyl (C=O) groups is 2. The zero-order valence-corrected chi connectivity index (χ0v) is 6.96. The Morgan fingerprint density at radius 2 is 2.17 bits per heavy atom. The van der Waals surface area contributed by atoms with Crippen LogP contribution in [0.3, 0.4) is 0 Å². The van der Waals surface area contributed by atoms with E-state index in [0.29, 0.717) is 0 Å². The molecule has 0 bridgehead atoms. The number of ether oxygens (including phenoxy) is 1. The first-order chi connectivity index (χ1) is 5.61. The number of rotatable bonds is 3. The Morgan fingerprint density at radius 1 is 1.58 bits per heavy atom. The predicted molar refractivity (Wildman–Crippen MR) is 40.5 cm³/mol. The molecule has 0 aliphatic rings. The number of aliphatic hydroxyl groups excluding tert-OH is 1. The van der Waals surface area contributed by atoms with Crippen molar-refractivity contribution in [2.45, 2.75) is 6.10 Å². The summed E-state index contributed by atoms with van der Waals surface area (Å²) in [6.07, 6.45) is -1.92. The van der Waals surface area contributed by atoms with E-state index in [1.807, 2.05) is 0 Å². The second-order valence-electron chi connectivity index (χ2n) is 2.00. The Hall–Kier alpha value is -1.30. The number of carbonyl (C=O) groups excluding carboxylic acids is 2. The molecule has 0 aromatic heterocycles. The van der Waals surface area contributed by atoms with Crippen molar-refractivity contribution >= 4 is 12.0 Å². The molecule has 0 spiro atoms. The highest BCUT2D eigenvalue weighted by Crippen LogP contribution is 1.80. The van der Waals surface area contributed by atoms with Crippen LogP contribution in [0.2, 0.25) is 0 Å². The molecule has 1 atom stereocenters.